The van der Waals surface area contributed by atoms with Crippen molar-refractivity contribution >= 4 is 56.8 Å². The lowest BCUT2D eigenvalue weighted by Crippen LogP contribution is -2.40. The van der Waals surface area contributed by atoms with Crippen molar-refractivity contribution in [1.29, 1.82) is 0 Å². The molecule has 3 rings (SSSR count). The zero-order valence-electron chi connectivity index (χ0n) is 15.7. The van der Waals surface area contributed by atoms with Gasteiger partial charge in [-0.25, -0.2) is 12.7 Å². The van der Waals surface area contributed by atoms with Gasteiger partial charge in [0.15, 0.2) is 0 Å². The fraction of sp³-hybridized carbons (Fsp3) is 0.158. The Hall–Kier alpha value is -2.75. The molecular formula is C19H17Cl2N3O5S. The number of methoxy groups -OCH3 is 1. The number of rotatable bonds is 4. The number of hydrogen-bond acceptors (Lipinski definition) is 6. The second-order valence-electron chi connectivity index (χ2n) is 6.33. The number of ether oxygens (including phenoxy) is 1. The van der Waals surface area contributed by atoms with Crippen LogP contribution in [0.3, 0.4) is 0 Å². The third-order valence-corrected chi connectivity index (χ3v) is 6.65. The lowest BCUT2D eigenvalue weighted by Gasteiger charge is -2.20. The summed E-state index contributed by atoms with van der Waals surface area (Å²) in [5.74, 6) is -1.06. The highest BCUT2D eigenvalue weighted by molar-refractivity contribution is 7.89. The molecule has 2 aromatic carbocycles. The van der Waals surface area contributed by atoms with Crippen molar-refractivity contribution in [2.75, 3.05) is 25.9 Å². The van der Waals surface area contributed by atoms with Crippen molar-refractivity contribution in [2.45, 2.75) is 4.90 Å². The first-order valence-electron chi connectivity index (χ1n) is 8.56. The molecule has 2 amide bonds. The van der Waals surface area contributed by atoms with Gasteiger partial charge in [-0.05, 0) is 42.5 Å². The largest absolute Gasteiger partial charge is 0.496 e. The molecule has 0 atom stereocenters. The van der Waals surface area contributed by atoms with Gasteiger partial charge in [-0.2, -0.15) is 0 Å². The number of amides is 2. The first-order valence-corrected chi connectivity index (χ1v) is 10.8. The van der Waals surface area contributed by atoms with E-state index in [0.29, 0.717) is 20.6 Å². The van der Waals surface area contributed by atoms with Crippen LogP contribution in [0.25, 0.3) is 6.08 Å². The Bertz CT molecular complexity index is 1160. The molecular weight excluding hydrogens is 453 g/mol. The van der Waals surface area contributed by atoms with E-state index in [2.05, 4.69) is 5.32 Å². The van der Waals surface area contributed by atoms with E-state index in [9.17, 15) is 18.0 Å². The van der Waals surface area contributed by atoms with E-state index >= 15 is 0 Å². The van der Waals surface area contributed by atoms with E-state index in [4.69, 9.17) is 33.7 Å². The van der Waals surface area contributed by atoms with E-state index in [1.54, 1.807) is 18.2 Å². The molecule has 1 fully saturated rings. The molecule has 1 aliphatic rings. The van der Waals surface area contributed by atoms with Crippen LogP contribution in [0.4, 0.5) is 5.69 Å². The molecule has 0 spiro atoms. The van der Waals surface area contributed by atoms with Crippen LogP contribution in [0.2, 0.25) is 10.0 Å². The predicted octanol–water partition coefficient (Wildman–Crippen LogP) is 2.31. The Morgan fingerprint density at radius 1 is 1.17 bits per heavy atom. The van der Waals surface area contributed by atoms with E-state index in [1.807, 2.05) is 0 Å². The minimum atomic E-state index is -4.37. The lowest BCUT2D eigenvalue weighted by molar-refractivity contribution is -0.127. The van der Waals surface area contributed by atoms with Gasteiger partial charge in [-0.3, -0.25) is 9.59 Å². The molecule has 0 radical (unpaired) electrons. The molecule has 1 saturated heterocycles. The Morgan fingerprint density at radius 2 is 1.90 bits per heavy atom. The number of benzene rings is 2. The number of hydrogen-bond donors (Lipinski definition) is 2. The van der Waals surface area contributed by atoms with Crippen LogP contribution in [0.5, 0.6) is 5.75 Å². The molecule has 0 bridgehead atoms. The second-order valence-corrected chi connectivity index (χ2v) is 9.04. The third kappa shape index (κ3) is 4.38. The fourth-order valence-corrected chi connectivity index (χ4v) is 4.50. The lowest BCUT2D eigenvalue weighted by atomic mass is 10.1. The number of sulfonamides is 1. The van der Waals surface area contributed by atoms with Crippen molar-refractivity contribution in [2.24, 2.45) is 0 Å². The van der Waals surface area contributed by atoms with Crippen LogP contribution in [0.1, 0.15) is 5.56 Å². The molecule has 3 N–H and O–H groups in total. The van der Waals surface area contributed by atoms with Gasteiger partial charge >= 0.3 is 0 Å². The summed E-state index contributed by atoms with van der Waals surface area (Å²) in [4.78, 5) is 25.0. The topological polar surface area (TPSA) is 119 Å². The highest BCUT2D eigenvalue weighted by Crippen LogP contribution is 2.28. The van der Waals surface area contributed by atoms with Crippen LogP contribution in [-0.2, 0) is 19.6 Å². The summed E-state index contributed by atoms with van der Waals surface area (Å²) in [6, 6.07) is 8.44. The number of carbonyl (C=O) groups is 2. The van der Waals surface area contributed by atoms with E-state index < -0.39 is 28.4 Å². The van der Waals surface area contributed by atoms with Crippen molar-refractivity contribution in [3.05, 3.63) is 57.6 Å². The zero-order valence-corrected chi connectivity index (χ0v) is 18.0. The predicted molar refractivity (Wildman–Crippen MR) is 114 cm³/mol. The quantitative estimate of drug-likeness (QED) is 0.523. The van der Waals surface area contributed by atoms with E-state index in [0.717, 1.165) is 6.07 Å². The minimum Gasteiger partial charge on any atom is -0.496 e. The van der Waals surface area contributed by atoms with Crippen molar-refractivity contribution in [3.8, 4) is 5.75 Å². The summed E-state index contributed by atoms with van der Waals surface area (Å²) >= 11 is 11.9. The summed E-state index contributed by atoms with van der Waals surface area (Å²) in [6.45, 7) is -0.837. The summed E-state index contributed by atoms with van der Waals surface area (Å²) < 4.78 is 31.9. The molecule has 158 valence electrons. The molecule has 1 heterocycles. The normalized spacial score (nSPS) is 16.4. The van der Waals surface area contributed by atoms with Gasteiger partial charge in [0.05, 0.1) is 22.7 Å². The Morgan fingerprint density at radius 3 is 2.57 bits per heavy atom. The van der Waals surface area contributed by atoms with Gasteiger partial charge in [0.2, 0.25) is 5.91 Å². The van der Waals surface area contributed by atoms with Crippen LogP contribution < -0.4 is 15.8 Å². The second kappa shape index (κ2) is 8.55. The highest BCUT2D eigenvalue weighted by atomic mass is 35.5. The Kier molecular flexibility index (Phi) is 6.25. The average molecular weight is 470 g/mol. The van der Waals surface area contributed by atoms with Gasteiger partial charge in [0.25, 0.3) is 15.9 Å². The number of nitrogens with one attached hydrogen (secondary N) is 1. The minimum absolute atomic E-state index is 0.0314. The molecule has 1 aliphatic heterocycles. The van der Waals surface area contributed by atoms with Gasteiger partial charge in [-0.15, -0.1) is 0 Å². The maximum atomic E-state index is 13.1. The number of nitrogens with zero attached hydrogens (tertiary/aromatic N) is 1. The van der Waals surface area contributed by atoms with Crippen LogP contribution in [-0.4, -0.2) is 44.7 Å². The van der Waals surface area contributed by atoms with Gasteiger partial charge < -0.3 is 15.8 Å². The monoisotopic (exact) mass is 469 g/mol. The standard InChI is InChI=1S/C19H17Cl2N3O5S/c1-29-17-5-2-13(20)7-11(17)6-12-9-23-18(25)10-24(19(12)26)30(27,28)14-3-4-15(21)16(22)8-14/h2-8H,9-10,22H2,1H3,(H,23,25)/b12-6+. The molecule has 8 nitrogen and oxygen atoms in total. The van der Waals surface area contributed by atoms with Crippen molar-refractivity contribution < 1.29 is 22.7 Å². The SMILES string of the molecule is COc1ccc(Cl)cc1/C=C1\CNC(=O)CN(S(=O)(=O)c2ccc(Cl)c(N)c2)C1=O. The van der Waals surface area contributed by atoms with Crippen molar-refractivity contribution in [3.63, 3.8) is 0 Å². The Balaban J connectivity index is 2.08. The first kappa shape index (κ1) is 21.9. The first-order chi connectivity index (χ1) is 14.1. The van der Waals surface area contributed by atoms with E-state index in [1.165, 1.54) is 25.3 Å². The number of anilines is 1. The molecule has 2 aromatic rings. The summed E-state index contributed by atoms with van der Waals surface area (Å²) in [5, 5.41) is 3.08. The molecule has 0 aromatic heterocycles. The van der Waals surface area contributed by atoms with Crippen LogP contribution in [0.15, 0.2) is 46.9 Å². The van der Waals surface area contributed by atoms with Crippen LogP contribution in [0, 0.1) is 0 Å². The third-order valence-electron chi connectivity index (χ3n) is 4.34. The van der Waals surface area contributed by atoms with Crippen molar-refractivity contribution in [1.82, 2.24) is 9.62 Å². The fourth-order valence-electron chi connectivity index (χ4n) is 2.81. The number of nitrogens with two attached hydrogens (primary N) is 1. The van der Waals surface area contributed by atoms with Gasteiger partial charge in [0.1, 0.15) is 12.3 Å². The summed E-state index contributed by atoms with van der Waals surface area (Å²) in [7, 11) is -2.92. The maximum Gasteiger partial charge on any atom is 0.267 e. The Labute approximate surface area is 183 Å². The molecule has 0 aliphatic carbocycles. The summed E-state index contributed by atoms with van der Waals surface area (Å²) in [6.07, 6.45) is 1.43. The number of halogens is 2. The molecule has 0 unspecified atom stereocenters. The smallest absolute Gasteiger partial charge is 0.267 e. The van der Waals surface area contributed by atoms with Gasteiger partial charge in [0, 0.05) is 22.7 Å². The molecule has 11 heteroatoms. The van der Waals surface area contributed by atoms with Gasteiger partial charge in [-0.1, -0.05) is 23.2 Å². The number of carbonyl (C=O) groups excluding carboxylic acids is 2. The maximum absolute atomic E-state index is 13.1. The van der Waals surface area contributed by atoms with Crippen LogP contribution >= 0.6 is 23.2 Å². The van der Waals surface area contributed by atoms with E-state index in [-0.39, 0.29) is 27.7 Å². The average Bonchev–Trinajstić information content (AvgIpc) is 2.84. The highest BCUT2D eigenvalue weighted by Gasteiger charge is 2.35. The number of nitrogen functional groups attached to an aromatic ring is 1. The zero-order chi connectivity index (χ0) is 22.1. The molecule has 30 heavy (non-hydrogen) atoms. The summed E-state index contributed by atoms with van der Waals surface area (Å²) in [5.41, 5.74) is 6.22. The molecule has 0 saturated carbocycles.